The summed E-state index contributed by atoms with van der Waals surface area (Å²) in [6, 6.07) is 6.21. The zero-order valence-electron chi connectivity index (χ0n) is 11.7. The first-order valence-corrected chi connectivity index (χ1v) is 8.30. The Balaban J connectivity index is 1.66. The van der Waals surface area contributed by atoms with Crippen LogP contribution in [0.1, 0.15) is 44.7 Å². The van der Waals surface area contributed by atoms with Crippen LogP contribution in [0, 0.1) is 17.7 Å². The van der Waals surface area contributed by atoms with Gasteiger partial charge in [-0.25, -0.2) is 4.39 Å². The molecule has 0 radical (unpaired) electrons. The van der Waals surface area contributed by atoms with E-state index in [-0.39, 0.29) is 5.82 Å². The molecule has 1 atom stereocenters. The van der Waals surface area contributed by atoms with E-state index in [9.17, 15) is 4.39 Å². The van der Waals surface area contributed by atoms with Crippen molar-refractivity contribution in [2.24, 2.45) is 11.8 Å². The van der Waals surface area contributed by atoms with Crippen LogP contribution in [0.3, 0.4) is 0 Å². The fourth-order valence-corrected chi connectivity index (χ4v) is 4.27. The Hall–Kier alpha value is -0.540. The van der Waals surface area contributed by atoms with Crippen LogP contribution in [0.25, 0.3) is 0 Å². The molecular weight excluding hydrogens is 257 g/mol. The molecule has 1 saturated carbocycles. The Labute approximate surface area is 119 Å². The minimum atomic E-state index is -0.110. The second-order valence-electron chi connectivity index (χ2n) is 6.21. The maximum atomic E-state index is 13.4. The Kier molecular flexibility index (Phi) is 3.86. The highest BCUT2D eigenvalue weighted by atomic mass is 32.2. The minimum absolute atomic E-state index is 0.110. The molecule has 1 unspecified atom stereocenters. The number of hydrogen-bond acceptors (Lipinski definition) is 2. The first kappa shape index (κ1) is 13.4. The molecule has 0 spiro atoms. The van der Waals surface area contributed by atoms with E-state index in [1.54, 1.807) is 12.1 Å². The normalized spacial score (nSPS) is 30.0. The zero-order chi connectivity index (χ0) is 13.4. The summed E-state index contributed by atoms with van der Waals surface area (Å²) in [5, 5.41) is 3.74. The highest BCUT2D eigenvalue weighted by Gasteiger charge is 2.33. The van der Waals surface area contributed by atoms with E-state index in [1.807, 2.05) is 17.8 Å². The Morgan fingerprint density at radius 2 is 2.11 bits per heavy atom. The summed E-state index contributed by atoms with van der Waals surface area (Å²) in [4.78, 5) is 1.25. The van der Waals surface area contributed by atoms with Crippen LogP contribution >= 0.6 is 11.8 Å². The standard InChI is InChI=1S/C16H22FNS/c1-10(2)11-7-13(8-11)18-15-5-6-19-16-4-3-12(17)9-14(15)16/h3-4,9-11,13,15,18H,5-8H2,1-2H3. The maximum Gasteiger partial charge on any atom is 0.123 e. The first-order valence-electron chi connectivity index (χ1n) is 7.32. The first-order chi connectivity index (χ1) is 9.13. The third-order valence-electron chi connectivity index (χ3n) is 4.57. The molecule has 3 rings (SSSR count). The number of benzene rings is 1. The van der Waals surface area contributed by atoms with Crippen molar-refractivity contribution in [1.82, 2.24) is 5.32 Å². The van der Waals surface area contributed by atoms with Gasteiger partial charge in [-0.1, -0.05) is 13.8 Å². The smallest absolute Gasteiger partial charge is 0.123 e. The van der Waals surface area contributed by atoms with E-state index in [4.69, 9.17) is 0 Å². The topological polar surface area (TPSA) is 12.0 Å². The molecule has 104 valence electrons. The van der Waals surface area contributed by atoms with Gasteiger partial charge in [0.2, 0.25) is 0 Å². The SMILES string of the molecule is CC(C)C1CC(NC2CCSc3ccc(F)cc32)C1. The number of hydrogen-bond donors (Lipinski definition) is 1. The van der Waals surface area contributed by atoms with E-state index in [1.165, 1.54) is 23.3 Å². The largest absolute Gasteiger partial charge is 0.307 e. The van der Waals surface area contributed by atoms with Gasteiger partial charge in [-0.05, 0) is 60.6 Å². The molecular formula is C16H22FNS. The molecule has 1 aliphatic heterocycles. The fourth-order valence-electron chi connectivity index (χ4n) is 3.17. The zero-order valence-corrected chi connectivity index (χ0v) is 12.5. The van der Waals surface area contributed by atoms with Crippen molar-refractivity contribution >= 4 is 11.8 Å². The summed E-state index contributed by atoms with van der Waals surface area (Å²) in [7, 11) is 0. The van der Waals surface area contributed by atoms with Gasteiger partial charge in [0.15, 0.2) is 0 Å². The Morgan fingerprint density at radius 1 is 1.32 bits per heavy atom. The molecule has 19 heavy (non-hydrogen) atoms. The summed E-state index contributed by atoms with van der Waals surface area (Å²) in [6.45, 7) is 4.62. The number of fused-ring (bicyclic) bond motifs is 1. The average molecular weight is 279 g/mol. The lowest BCUT2D eigenvalue weighted by Gasteiger charge is -2.41. The third kappa shape index (κ3) is 2.82. The molecule has 2 aliphatic rings. The monoisotopic (exact) mass is 279 g/mol. The molecule has 0 bridgehead atoms. The second-order valence-corrected chi connectivity index (χ2v) is 7.35. The molecule has 0 saturated heterocycles. The minimum Gasteiger partial charge on any atom is -0.307 e. The fraction of sp³-hybridized carbons (Fsp3) is 0.625. The predicted molar refractivity (Wildman–Crippen MR) is 79.0 cm³/mol. The highest BCUT2D eigenvalue weighted by Crippen LogP contribution is 2.40. The quantitative estimate of drug-likeness (QED) is 0.881. The number of thioether (sulfide) groups is 1. The van der Waals surface area contributed by atoms with Gasteiger partial charge >= 0.3 is 0 Å². The van der Waals surface area contributed by atoms with E-state index < -0.39 is 0 Å². The third-order valence-corrected chi connectivity index (χ3v) is 5.69. The van der Waals surface area contributed by atoms with E-state index in [2.05, 4.69) is 19.2 Å². The molecule has 1 aromatic carbocycles. The van der Waals surface area contributed by atoms with Crippen LogP contribution in [0.2, 0.25) is 0 Å². The summed E-state index contributed by atoms with van der Waals surface area (Å²) in [5.41, 5.74) is 1.17. The van der Waals surface area contributed by atoms with Crippen LogP contribution in [-0.2, 0) is 0 Å². The molecule has 1 heterocycles. The lowest BCUT2D eigenvalue weighted by atomic mass is 9.73. The predicted octanol–water partition coefficient (Wildman–Crippen LogP) is 4.39. The Bertz CT molecular complexity index is 454. The van der Waals surface area contributed by atoms with Crippen LogP contribution in [0.5, 0.6) is 0 Å². The van der Waals surface area contributed by atoms with Crippen molar-refractivity contribution in [3.8, 4) is 0 Å². The number of nitrogens with one attached hydrogen (secondary N) is 1. The van der Waals surface area contributed by atoms with Gasteiger partial charge in [0.25, 0.3) is 0 Å². The van der Waals surface area contributed by atoms with Gasteiger partial charge in [0, 0.05) is 17.0 Å². The lowest BCUT2D eigenvalue weighted by molar-refractivity contribution is 0.155. The van der Waals surface area contributed by atoms with Crippen molar-refractivity contribution in [3.63, 3.8) is 0 Å². The van der Waals surface area contributed by atoms with Gasteiger partial charge in [-0.15, -0.1) is 11.8 Å². The molecule has 1 nitrogen and oxygen atoms in total. The van der Waals surface area contributed by atoms with Gasteiger partial charge in [0.1, 0.15) is 5.82 Å². The van der Waals surface area contributed by atoms with Gasteiger partial charge < -0.3 is 5.32 Å². The van der Waals surface area contributed by atoms with Crippen LogP contribution in [0.4, 0.5) is 4.39 Å². The molecule has 1 N–H and O–H groups in total. The lowest BCUT2D eigenvalue weighted by Crippen LogP contribution is -2.45. The summed E-state index contributed by atoms with van der Waals surface area (Å²) >= 11 is 1.85. The van der Waals surface area contributed by atoms with E-state index in [0.29, 0.717) is 12.1 Å². The average Bonchev–Trinajstić information content (AvgIpc) is 2.33. The number of halogens is 1. The highest BCUT2D eigenvalue weighted by molar-refractivity contribution is 7.99. The second kappa shape index (κ2) is 5.45. The van der Waals surface area contributed by atoms with Crippen LogP contribution in [0.15, 0.2) is 23.1 Å². The van der Waals surface area contributed by atoms with Crippen LogP contribution in [-0.4, -0.2) is 11.8 Å². The summed E-state index contributed by atoms with van der Waals surface area (Å²) in [5.74, 6) is 2.70. The van der Waals surface area contributed by atoms with Gasteiger partial charge in [0.05, 0.1) is 0 Å². The molecule has 0 aromatic heterocycles. The summed E-state index contributed by atoms with van der Waals surface area (Å²) < 4.78 is 13.4. The molecule has 1 aliphatic carbocycles. The Morgan fingerprint density at radius 3 is 2.84 bits per heavy atom. The van der Waals surface area contributed by atoms with Crippen LogP contribution < -0.4 is 5.32 Å². The van der Waals surface area contributed by atoms with Gasteiger partial charge in [-0.3, -0.25) is 0 Å². The molecule has 1 fully saturated rings. The molecule has 0 amide bonds. The molecule has 1 aromatic rings. The van der Waals surface area contributed by atoms with E-state index in [0.717, 1.165) is 24.0 Å². The van der Waals surface area contributed by atoms with Crippen molar-refractivity contribution in [3.05, 3.63) is 29.6 Å². The number of rotatable bonds is 3. The van der Waals surface area contributed by atoms with Crippen molar-refractivity contribution in [2.45, 2.75) is 50.1 Å². The maximum absolute atomic E-state index is 13.4. The van der Waals surface area contributed by atoms with Crippen molar-refractivity contribution < 1.29 is 4.39 Å². The van der Waals surface area contributed by atoms with Gasteiger partial charge in [-0.2, -0.15) is 0 Å². The summed E-state index contributed by atoms with van der Waals surface area (Å²) in [6.07, 6.45) is 3.68. The van der Waals surface area contributed by atoms with Crippen molar-refractivity contribution in [1.29, 1.82) is 0 Å². The molecule has 3 heteroatoms. The van der Waals surface area contributed by atoms with E-state index >= 15 is 0 Å². The van der Waals surface area contributed by atoms with Crippen molar-refractivity contribution in [2.75, 3.05) is 5.75 Å².